The Labute approximate surface area is 126 Å². The molecule has 98 valence electrons. The van der Waals surface area contributed by atoms with Gasteiger partial charge >= 0.3 is 0 Å². The molecule has 2 heterocycles. The van der Waals surface area contributed by atoms with Gasteiger partial charge in [0.25, 0.3) is 0 Å². The summed E-state index contributed by atoms with van der Waals surface area (Å²) >= 11 is 0. The number of piperidine rings is 1. The van der Waals surface area contributed by atoms with E-state index in [0.29, 0.717) is 6.04 Å². The Balaban J connectivity index is 0.00000120. The molecular formula is C14H20IN3. The van der Waals surface area contributed by atoms with Crippen molar-refractivity contribution in [3.05, 3.63) is 35.9 Å². The first-order chi connectivity index (χ1) is 8.43. The van der Waals surface area contributed by atoms with Crippen molar-refractivity contribution in [1.29, 1.82) is 0 Å². The maximum absolute atomic E-state index is 4.63. The van der Waals surface area contributed by atoms with E-state index in [-0.39, 0.29) is 24.0 Å². The second-order valence-corrected chi connectivity index (χ2v) is 4.85. The molecular weight excluding hydrogens is 337 g/mol. The minimum Gasteiger partial charge on any atom is -0.352 e. The molecule has 4 heteroatoms. The summed E-state index contributed by atoms with van der Waals surface area (Å²) < 4.78 is 0. The quantitative estimate of drug-likeness (QED) is 0.824. The van der Waals surface area contributed by atoms with Gasteiger partial charge in [0.05, 0.1) is 12.6 Å². The van der Waals surface area contributed by atoms with Gasteiger partial charge in [0, 0.05) is 13.1 Å². The Hall–Kier alpha value is -0.780. The van der Waals surface area contributed by atoms with Crippen LogP contribution in [-0.2, 0) is 6.54 Å². The molecule has 1 atom stereocenters. The molecule has 0 unspecified atom stereocenters. The van der Waals surface area contributed by atoms with Crippen LogP contribution in [0, 0.1) is 0 Å². The van der Waals surface area contributed by atoms with E-state index in [1.807, 2.05) is 0 Å². The van der Waals surface area contributed by atoms with Crippen LogP contribution in [0.3, 0.4) is 0 Å². The maximum Gasteiger partial charge on any atom is 0.194 e. The molecule has 2 aliphatic heterocycles. The number of hydrogen-bond acceptors (Lipinski definition) is 3. The first-order valence-electron chi connectivity index (χ1n) is 6.52. The lowest BCUT2D eigenvalue weighted by Crippen LogP contribution is -2.45. The molecule has 0 saturated carbocycles. The largest absolute Gasteiger partial charge is 0.352 e. The Bertz CT molecular complexity index is 405. The Morgan fingerprint density at radius 1 is 1.22 bits per heavy atom. The average molecular weight is 357 g/mol. The number of guanidine groups is 1. The van der Waals surface area contributed by atoms with Crippen LogP contribution in [0.2, 0.25) is 0 Å². The van der Waals surface area contributed by atoms with E-state index >= 15 is 0 Å². The van der Waals surface area contributed by atoms with Crippen LogP contribution < -0.4 is 5.32 Å². The van der Waals surface area contributed by atoms with E-state index in [1.165, 1.54) is 31.4 Å². The van der Waals surface area contributed by atoms with Gasteiger partial charge in [-0.1, -0.05) is 30.3 Å². The normalized spacial score (nSPS) is 21.9. The van der Waals surface area contributed by atoms with Crippen LogP contribution in [0.1, 0.15) is 24.8 Å². The topological polar surface area (TPSA) is 27.6 Å². The average Bonchev–Trinajstić information content (AvgIpc) is 2.81. The van der Waals surface area contributed by atoms with Crippen molar-refractivity contribution >= 4 is 29.9 Å². The lowest BCUT2D eigenvalue weighted by atomic mass is 10.0. The SMILES string of the molecule is I.c1ccc(CNC2=NC[C@@H]3CCCCN23)cc1. The summed E-state index contributed by atoms with van der Waals surface area (Å²) in [7, 11) is 0. The van der Waals surface area contributed by atoms with Crippen molar-refractivity contribution in [2.45, 2.75) is 31.8 Å². The van der Waals surface area contributed by atoms with Gasteiger partial charge in [-0.3, -0.25) is 4.99 Å². The molecule has 1 saturated heterocycles. The molecule has 3 rings (SSSR count). The van der Waals surface area contributed by atoms with Crippen LogP contribution in [0.25, 0.3) is 0 Å². The van der Waals surface area contributed by atoms with Gasteiger partial charge in [-0.05, 0) is 24.8 Å². The number of fused-ring (bicyclic) bond motifs is 1. The Kier molecular flexibility index (Phi) is 4.86. The van der Waals surface area contributed by atoms with Gasteiger partial charge in [-0.15, -0.1) is 24.0 Å². The van der Waals surface area contributed by atoms with E-state index in [4.69, 9.17) is 0 Å². The summed E-state index contributed by atoms with van der Waals surface area (Å²) in [4.78, 5) is 7.08. The van der Waals surface area contributed by atoms with Gasteiger partial charge < -0.3 is 10.2 Å². The third-order valence-corrected chi connectivity index (χ3v) is 3.64. The fourth-order valence-electron chi connectivity index (χ4n) is 2.69. The van der Waals surface area contributed by atoms with E-state index in [2.05, 4.69) is 45.5 Å². The Morgan fingerprint density at radius 3 is 2.89 bits per heavy atom. The van der Waals surface area contributed by atoms with E-state index < -0.39 is 0 Å². The summed E-state index contributed by atoms with van der Waals surface area (Å²) in [5, 5.41) is 3.47. The zero-order chi connectivity index (χ0) is 11.5. The molecule has 0 radical (unpaired) electrons. The predicted molar refractivity (Wildman–Crippen MR) is 85.3 cm³/mol. The third-order valence-electron chi connectivity index (χ3n) is 3.64. The summed E-state index contributed by atoms with van der Waals surface area (Å²) in [6.07, 6.45) is 3.98. The zero-order valence-corrected chi connectivity index (χ0v) is 12.8. The summed E-state index contributed by atoms with van der Waals surface area (Å²) in [6.45, 7) is 3.03. The van der Waals surface area contributed by atoms with E-state index in [0.717, 1.165) is 19.0 Å². The lowest BCUT2D eigenvalue weighted by molar-refractivity contribution is 0.262. The van der Waals surface area contributed by atoms with Crippen molar-refractivity contribution in [2.75, 3.05) is 13.1 Å². The van der Waals surface area contributed by atoms with E-state index in [1.54, 1.807) is 0 Å². The van der Waals surface area contributed by atoms with Crippen molar-refractivity contribution in [3.63, 3.8) is 0 Å². The van der Waals surface area contributed by atoms with Gasteiger partial charge in [0.2, 0.25) is 0 Å². The van der Waals surface area contributed by atoms with Crippen molar-refractivity contribution < 1.29 is 0 Å². The second kappa shape index (κ2) is 6.41. The molecule has 2 aliphatic rings. The van der Waals surface area contributed by atoms with Crippen LogP contribution in [0.15, 0.2) is 35.3 Å². The highest BCUT2D eigenvalue weighted by Gasteiger charge is 2.29. The fraction of sp³-hybridized carbons (Fsp3) is 0.500. The molecule has 3 nitrogen and oxygen atoms in total. The zero-order valence-electron chi connectivity index (χ0n) is 10.5. The molecule has 0 spiro atoms. The van der Waals surface area contributed by atoms with Crippen LogP contribution in [-0.4, -0.2) is 30.0 Å². The standard InChI is InChI=1S/C14H19N3.HI/c1-2-6-12(7-3-1)10-15-14-16-11-13-8-4-5-9-17(13)14;/h1-3,6-7,13H,4-5,8-11H2,(H,15,16);1H/t13-;/m0./s1. The molecule has 18 heavy (non-hydrogen) atoms. The molecule has 1 fully saturated rings. The van der Waals surface area contributed by atoms with Crippen LogP contribution >= 0.6 is 24.0 Å². The number of rotatable bonds is 2. The van der Waals surface area contributed by atoms with Gasteiger partial charge in [0.1, 0.15) is 0 Å². The first kappa shape index (κ1) is 13.6. The minimum atomic E-state index is 0. The number of nitrogens with one attached hydrogen (secondary N) is 1. The molecule has 0 aromatic heterocycles. The highest BCUT2D eigenvalue weighted by Crippen LogP contribution is 2.21. The molecule has 0 aliphatic carbocycles. The van der Waals surface area contributed by atoms with Gasteiger partial charge in [-0.2, -0.15) is 0 Å². The van der Waals surface area contributed by atoms with Crippen molar-refractivity contribution in [2.24, 2.45) is 4.99 Å². The van der Waals surface area contributed by atoms with Crippen LogP contribution in [0.5, 0.6) is 0 Å². The first-order valence-corrected chi connectivity index (χ1v) is 6.52. The second-order valence-electron chi connectivity index (χ2n) is 4.85. The number of hydrogen-bond donors (Lipinski definition) is 1. The van der Waals surface area contributed by atoms with Gasteiger partial charge in [-0.25, -0.2) is 0 Å². The van der Waals surface area contributed by atoms with Gasteiger partial charge in [0.15, 0.2) is 5.96 Å². The summed E-state index contributed by atoms with van der Waals surface area (Å²) in [5.41, 5.74) is 1.32. The molecule has 1 aromatic rings. The lowest BCUT2D eigenvalue weighted by Gasteiger charge is -2.32. The number of halogens is 1. The predicted octanol–water partition coefficient (Wildman–Crippen LogP) is 2.62. The highest BCUT2D eigenvalue weighted by molar-refractivity contribution is 14.0. The molecule has 0 bridgehead atoms. The number of benzene rings is 1. The smallest absolute Gasteiger partial charge is 0.194 e. The molecule has 0 amide bonds. The molecule has 1 N–H and O–H groups in total. The number of aliphatic imine (C=N–C) groups is 1. The monoisotopic (exact) mass is 357 g/mol. The maximum atomic E-state index is 4.63. The summed E-state index contributed by atoms with van der Waals surface area (Å²) in [5.74, 6) is 1.11. The minimum absolute atomic E-state index is 0. The van der Waals surface area contributed by atoms with E-state index in [9.17, 15) is 0 Å². The number of nitrogens with zero attached hydrogens (tertiary/aromatic N) is 2. The van der Waals surface area contributed by atoms with Crippen molar-refractivity contribution in [3.8, 4) is 0 Å². The molecule has 1 aromatic carbocycles. The fourth-order valence-corrected chi connectivity index (χ4v) is 2.69. The third kappa shape index (κ3) is 2.96. The van der Waals surface area contributed by atoms with Crippen LogP contribution in [0.4, 0.5) is 0 Å². The van der Waals surface area contributed by atoms with Crippen molar-refractivity contribution in [1.82, 2.24) is 10.2 Å². The Morgan fingerprint density at radius 2 is 2.06 bits per heavy atom. The highest BCUT2D eigenvalue weighted by atomic mass is 127. The summed E-state index contributed by atoms with van der Waals surface area (Å²) in [6, 6.07) is 11.2.